The highest BCUT2D eigenvalue weighted by molar-refractivity contribution is 5.69. The molecule has 3 aromatic heterocycles. The van der Waals surface area contributed by atoms with E-state index in [0.29, 0.717) is 22.5 Å². The van der Waals surface area contributed by atoms with Crippen LogP contribution in [0.5, 0.6) is 0 Å². The molecule has 1 aromatic carbocycles. The van der Waals surface area contributed by atoms with Gasteiger partial charge in [0.05, 0.1) is 17.6 Å². The second-order valence-electron chi connectivity index (χ2n) is 6.30. The molecule has 0 radical (unpaired) electrons. The number of rotatable bonds is 3. The Bertz CT molecular complexity index is 1190. The number of hydrogen-bond acceptors (Lipinski definition) is 4. The Morgan fingerprint density at radius 3 is 2.77 bits per heavy atom. The average Bonchev–Trinajstić information content (AvgIpc) is 3.31. The van der Waals surface area contributed by atoms with Crippen molar-refractivity contribution in [2.45, 2.75) is 19.8 Å². The predicted molar refractivity (Wildman–Crippen MR) is 97.2 cm³/mol. The van der Waals surface area contributed by atoms with Crippen LogP contribution < -0.4 is 5.56 Å². The first-order valence-electron chi connectivity index (χ1n) is 8.24. The number of H-pyrrole nitrogens is 1. The van der Waals surface area contributed by atoms with Crippen LogP contribution in [0.25, 0.3) is 22.6 Å². The van der Waals surface area contributed by atoms with Crippen molar-refractivity contribution in [2.24, 2.45) is 0 Å². The molecule has 4 rings (SSSR count). The van der Waals surface area contributed by atoms with Crippen molar-refractivity contribution < 1.29 is 0 Å². The summed E-state index contributed by atoms with van der Waals surface area (Å²) in [6.45, 7) is 3.93. The van der Waals surface area contributed by atoms with Gasteiger partial charge in [0.15, 0.2) is 5.65 Å². The minimum Gasteiger partial charge on any atom is -0.338 e. The van der Waals surface area contributed by atoms with Gasteiger partial charge in [-0.15, -0.1) is 0 Å². The molecule has 1 N–H and O–H groups in total. The number of hydrogen-bond donors (Lipinski definition) is 1. The Hall–Kier alpha value is -3.66. The molecule has 0 spiro atoms. The van der Waals surface area contributed by atoms with Crippen LogP contribution in [0.2, 0.25) is 0 Å². The van der Waals surface area contributed by atoms with Gasteiger partial charge in [-0.05, 0) is 24.1 Å². The highest BCUT2D eigenvalue weighted by Gasteiger charge is 2.19. The lowest BCUT2D eigenvalue weighted by molar-refractivity contribution is 0.797. The van der Waals surface area contributed by atoms with Crippen molar-refractivity contribution in [3.05, 3.63) is 70.4 Å². The number of nitrogens with one attached hydrogen (secondary N) is 1. The first-order chi connectivity index (χ1) is 12.6. The fourth-order valence-electron chi connectivity index (χ4n) is 3.10. The fourth-order valence-corrected chi connectivity index (χ4v) is 3.10. The molecular weight excluding hydrogens is 328 g/mol. The van der Waals surface area contributed by atoms with Gasteiger partial charge in [0, 0.05) is 23.5 Å². The van der Waals surface area contributed by atoms with E-state index in [0.717, 1.165) is 11.3 Å². The van der Waals surface area contributed by atoms with Crippen molar-refractivity contribution in [3.63, 3.8) is 0 Å². The van der Waals surface area contributed by atoms with Crippen molar-refractivity contribution >= 4 is 5.65 Å². The second-order valence-corrected chi connectivity index (χ2v) is 6.30. The molecule has 7 heteroatoms. The van der Waals surface area contributed by atoms with Crippen LogP contribution in [-0.2, 0) is 0 Å². The first kappa shape index (κ1) is 15.8. The summed E-state index contributed by atoms with van der Waals surface area (Å²) in [6, 6.07) is 11.7. The van der Waals surface area contributed by atoms with Gasteiger partial charge >= 0.3 is 0 Å². The Morgan fingerprint density at radius 1 is 1.23 bits per heavy atom. The Kier molecular flexibility index (Phi) is 3.66. The fraction of sp³-hybridized carbons (Fsp3) is 0.158. The molecule has 3 heterocycles. The zero-order valence-corrected chi connectivity index (χ0v) is 14.3. The number of fused-ring (bicyclic) bond motifs is 1. The summed E-state index contributed by atoms with van der Waals surface area (Å²) < 4.78 is 3.02. The molecule has 128 valence electrons. The second kappa shape index (κ2) is 6.01. The minimum atomic E-state index is -0.213. The van der Waals surface area contributed by atoms with Crippen LogP contribution in [0.4, 0.5) is 0 Å². The quantitative estimate of drug-likeness (QED) is 0.618. The summed E-state index contributed by atoms with van der Waals surface area (Å²) in [6.07, 6.45) is 4.98. The third-order valence-electron chi connectivity index (χ3n) is 4.31. The van der Waals surface area contributed by atoms with Gasteiger partial charge in [0.1, 0.15) is 11.6 Å². The third-order valence-corrected chi connectivity index (χ3v) is 4.31. The summed E-state index contributed by atoms with van der Waals surface area (Å²) in [4.78, 5) is 16.2. The van der Waals surface area contributed by atoms with Gasteiger partial charge in [-0.1, -0.05) is 26.0 Å². The van der Waals surface area contributed by atoms with Gasteiger partial charge in [-0.25, -0.2) is 4.68 Å². The van der Waals surface area contributed by atoms with E-state index in [-0.39, 0.29) is 11.5 Å². The SMILES string of the molecule is CC(C)c1c(-c2cccc(-n3cccn3)c2)[nH]c2c(C#N)cnn2c1=O. The molecule has 0 fully saturated rings. The zero-order valence-electron chi connectivity index (χ0n) is 14.3. The Balaban J connectivity index is 2.02. The third kappa shape index (κ3) is 2.40. The highest BCUT2D eigenvalue weighted by atomic mass is 16.1. The molecule has 4 aromatic rings. The molecule has 0 aliphatic heterocycles. The standard InChI is InChI=1S/C19H16N6O/c1-12(2)16-17(23-18-14(10-20)11-22-25(18)19(16)26)13-5-3-6-15(9-13)24-8-4-7-21-24/h3-9,11-12,23H,1-2H3. The normalized spacial score (nSPS) is 11.2. The molecule has 0 bridgehead atoms. The van der Waals surface area contributed by atoms with Crippen molar-refractivity contribution in [2.75, 3.05) is 0 Å². The van der Waals surface area contributed by atoms with Gasteiger partial charge in [-0.2, -0.15) is 20.0 Å². The van der Waals surface area contributed by atoms with Crippen LogP contribution in [0, 0.1) is 11.3 Å². The Morgan fingerprint density at radius 2 is 2.08 bits per heavy atom. The average molecular weight is 344 g/mol. The number of aromatic nitrogens is 5. The minimum absolute atomic E-state index is 0.0127. The lowest BCUT2D eigenvalue weighted by atomic mass is 9.98. The topological polar surface area (TPSA) is 91.8 Å². The Labute approximate surface area is 149 Å². The summed E-state index contributed by atoms with van der Waals surface area (Å²) in [7, 11) is 0. The zero-order chi connectivity index (χ0) is 18.3. The molecule has 0 amide bonds. The molecule has 0 unspecified atom stereocenters. The van der Waals surface area contributed by atoms with Crippen LogP contribution in [0.3, 0.4) is 0 Å². The molecule has 0 aliphatic carbocycles. The molecule has 0 aliphatic rings. The van der Waals surface area contributed by atoms with Crippen molar-refractivity contribution in [1.29, 1.82) is 5.26 Å². The van der Waals surface area contributed by atoms with Crippen LogP contribution in [-0.4, -0.2) is 24.4 Å². The smallest absolute Gasteiger partial charge is 0.278 e. The molecule has 0 saturated carbocycles. The van der Waals surface area contributed by atoms with Crippen LogP contribution >= 0.6 is 0 Å². The van der Waals surface area contributed by atoms with E-state index >= 15 is 0 Å². The van der Waals surface area contributed by atoms with E-state index in [4.69, 9.17) is 0 Å². The van der Waals surface area contributed by atoms with Crippen LogP contribution in [0.15, 0.2) is 53.7 Å². The van der Waals surface area contributed by atoms with Gasteiger partial charge in [-0.3, -0.25) is 4.79 Å². The first-order valence-corrected chi connectivity index (χ1v) is 8.24. The number of benzene rings is 1. The van der Waals surface area contributed by atoms with Crippen molar-refractivity contribution in [1.82, 2.24) is 24.4 Å². The summed E-state index contributed by atoms with van der Waals surface area (Å²) in [5, 5.41) is 17.6. The van der Waals surface area contributed by atoms with E-state index in [1.165, 1.54) is 10.7 Å². The maximum atomic E-state index is 13.0. The highest BCUT2D eigenvalue weighted by Crippen LogP contribution is 2.27. The van der Waals surface area contributed by atoms with E-state index < -0.39 is 0 Å². The predicted octanol–water partition coefficient (Wildman–Crippen LogP) is 2.87. The van der Waals surface area contributed by atoms with Crippen LogP contribution in [0.1, 0.15) is 30.9 Å². The molecule has 26 heavy (non-hydrogen) atoms. The molecule has 0 saturated heterocycles. The number of nitrogens with zero attached hydrogens (tertiary/aromatic N) is 5. The van der Waals surface area contributed by atoms with E-state index in [2.05, 4.69) is 21.3 Å². The number of aromatic amines is 1. The maximum absolute atomic E-state index is 13.0. The summed E-state index contributed by atoms with van der Waals surface area (Å²) >= 11 is 0. The summed E-state index contributed by atoms with van der Waals surface area (Å²) in [5.74, 6) is -0.0127. The lowest BCUT2D eigenvalue weighted by Gasteiger charge is -2.14. The van der Waals surface area contributed by atoms with Gasteiger partial charge < -0.3 is 4.98 Å². The van der Waals surface area contributed by atoms with Gasteiger partial charge in [0.2, 0.25) is 0 Å². The number of nitriles is 1. The lowest BCUT2D eigenvalue weighted by Crippen LogP contribution is -2.22. The summed E-state index contributed by atoms with van der Waals surface area (Å²) in [5.41, 5.74) is 3.59. The molecule has 7 nitrogen and oxygen atoms in total. The molecular formula is C19H16N6O. The van der Waals surface area contributed by atoms with Gasteiger partial charge in [0.25, 0.3) is 5.56 Å². The molecule has 0 atom stereocenters. The van der Waals surface area contributed by atoms with Crippen molar-refractivity contribution in [3.8, 4) is 23.0 Å². The largest absolute Gasteiger partial charge is 0.338 e. The van der Waals surface area contributed by atoms with E-state index in [1.54, 1.807) is 10.9 Å². The van der Waals surface area contributed by atoms with E-state index in [1.807, 2.05) is 50.4 Å². The monoisotopic (exact) mass is 344 g/mol. The van der Waals surface area contributed by atoms with E-state index in [9.17, 15) is 10.1 Å². The maximum Gasteiger partial charge on any atom is 0.278 e.